The fraction of sp³-hybridized carbons (Fsp3) is 0.429. The van der Waals surface area contributed by atoms with E-state index in [9.17, 15) is 4.79 Å². The quantitative estimate of drug-likeness (QED) is 0.788. The third kappa shape index (κ3) is 4.99. The molecule has 0 aliphatic carbocycles. The zero-order chi connectivity index (χ0) is 14.5. The summed E-state index contributed by atoms with van der Waals surface area (Å²) in [5.74, 6) is 1.20. The molecule has 0 aromatic heterocycles. The first-order valence-electron chi connectivity index (χ1n) is 5.85. The number of nitrogens with zero attached hydrogens (tertiary/aromatic N) is 1. The van der Waals surface area contributed by atoms with Gasteiger partial charge in [0.15, 0.2) is 11.5 Å². The van der Waals surface area contributed by atoms with Crippen LogP contribution in [-0.2, 0) is 4.74 Å². The van der Waals surface area contributed by atoms with Gasteiger partial charge in [-0.1, -0.05) is 0 Å². The van der Waals surface area contributed by atoms with Crippen molar-refractivity contribution in [2.75, 3.05) is 14.2 Å². The average molecular weight is 265 g/mol. The second kappa shape index (κ2) is 6.22. The number of hydrogen-bond donors (Lipinski definition) is 0. The number of methoxy groups -OCH3 is 2. The predicted octanol–water partition coefficient (Wildman–Crippen LogP) is 3.06. The molecule has 0 radical (unpaired) electrons. The van der Waals surface area contributed by atoms with E-state index in [2.05, 4.69) is 4.99 Å². The summed E-state index contributed by atoms with van der Waals surface area (Å²) in [5, 5.41) is 0. The molecule has 0 fully saturated rings. The Balaban J connectivity index is 2.80. The molecule has 5 nitrogen and oxygen atoms in total. The summed E-state index contributed by atoms with van der Waals surface area (Å²) >= 11 is 0. The number of aliphatic imine (C=N–C) groups is 1. The van der Waals surface area contributed by atoms with E-state index in [1.807, 2.05) is 0 Å². The highest BCUT2D eigenvalue weighted by Gasteiger charge is 2.14. The van der Waals surface area contributed by atoms with Gasteiger partial charge in [-0.25, -0.2) is 4.79 Å². The van der Waals surface area contributed by atoms with Crippen molar-refractivity contribution in [2.45, 2.75) is 26.4 Å². The van der Waals surface area contributed by atoms with E-state index in [4.69, 9.17) is 14.2 Å². The van der Waals surface area contributed by atoms with Crippen molar-refractivity contribution in [1.29, 1.82) is 0 Å². The number of benzene rings is 1. The Bertz CT molecular complexity index is 475. The lowest BCUT2D eigenvalue weighted by Crippen LogP contribution is -2.21. The molecule has 1 aromatic carbocycles. The molecule has 19 heavy (non-hydrogen) atoms. The number of rotatable bonds is 3. The minimum Gasteiger partial charge on any atom is -0.493 e. The standard InChI is InChI=1S/C14H19NO4/c1-14(2,3)19-13(16)15-9-10-6-7-11(17-4)12(8-10)18-5/h6-9H,1-5H3/b15-9+. The maximum Gasteiger partial charge on any atom is 0.434 e. The van der Waals surface area contributed by atoms with Crippen LogP contribution in [0.5, 0.6) is 11.5 Å². The van der Waals surface area contributed by atoms with E-state index in [1.54, 1.807) is 53.2 Å². The summed E-state index contributed by atoms with van der Waals surface area (Å²) in [4.78, 5) is 15.2. The van der Waals surface area contributed by atoms with Gasteiger partial charge >= 0.3 is 6.09 Å². The smallest absolute Gasteiger partial charge is 0.434 e. The minimum atomic E-state index is -0.623. The number of ether oxygens (including phenoxy) is 3. The number of hydrogen-bond acceptors (Lipinski definition) is 4. The van der Waals surface area contributed by atoms with Crippen LogP contribution in [0.15, 0.2) is 23.2 Å². The van der Waals surface area contributed by atoms with Crippen molar-refractivity contribution < 1.29 is 19.0 Å². The Morgan fingerprint density at radius 3 is 2.32 bits per heavy atom. The molecule has 0 aliphatic heterocycles. The van der Waals surface area contributed by atoms with Crippen LogP contribution in [0.3, 0.4) is 0 Å². The van der Waals surface area contributed by atoms with E-state index < -0.39 is 11.7 Å². The molecule has 0 unspecified atom stereocenters. The lowest BCUT2D eigenvalue weighted by molar-refractivity contribution is 0.0605. The SMILES string of the molecule is COc1ccc(/C=N/C(=O)OC(C)(C)C)cc1OC. The van der Waals surface area contributed by atoms with Crippen LogP contribution < -0.4 is 9.47 Å². The summed E-state index contributed by atoms with van der Waals surface area (Å²) < 4.78 is 15.4. The van der Waals surface area contributed by atoms with Crippen molar-refractivity contribution >= 4 is 12.3 Å². The monoisotopic (exact) mass is 265 g/mol. The second-order valence-corrected chi connectivity index (χ2v) is 4.85. The molecule has 0 bridgehead atoms. The summed E-state index contributed by atoms with van der Waals surface area (Å²) in [7, 11) is 3.11. The Kier molecular flexibility index (Phi) is 4.92. The summed E-state index contributed by atoms with van der Waals surface area (Å²) in [5.41, 5.74) is 0.176. The first-order valence-corrected chi connectivity index (χ1v) is 5.85. The Hall–Kier alpha value is -2.04. The van der Waals surface area contributed by atoms with Gasteiger partial charge in [-0.2, -0.15) is 4.99 Å². The Morgan fingerprint density at radius 2 is 1.79 bits per heavy atom. The van der Waals surface area contributed by atoms with Gasteiger partial charge in [0.1, 0.15) is 5.60 Å². The molecule has 0 saturated heterocycles. The van der Waals surface area contributed by atoms with Crippen LogP contribution in [0.25, 0.3) is 0 Å². The predicted molar refractivity (Wildman–Crippen MR) is 73.4 cm³/mol. The molecule has 104 valence electrons. The molecule has 0 heterocycles. The zero-order valence-corrected chi connectivity index (χ0v) is 11.9. The number of carbonyl (C=O) groups is 1. The minimum absolute atomic E-state index is 0.550. The van der Waals surface area contributed by atoms with Crippen LogP contribution >= 0.6 is 0 Å². The average Bonchev–Trinajstić information content (AvgIpc) is 2.33. The molecule has 1 rings (SSSR count). The van der Waals surface area contributed by atoms with Gasteiger partial charge in [0, 0.05) is 6.21 Å². The normalized spacial score (nSPS) is 11.4. The van der Waals surface area contributed by atoms with E-state index in [0.29, 0.717) is 11.5 Å². The lowest BCUT2D eigenvalue weighted by Gasteiger charge is -2.17. The van der Waals surface area contributed by atoms with E-state index in [-0.39, 0.29) is 0 Å². The van der Waals surface area contributed by atoms with Crippen LogP contribution in [-0.4, -0.2) is 32.1 Å². The molecule has 0 saturated carbocycles. The third-order valence-corrected chi connectivity index (χ3v) is 2.12. The molecular formula is C14H19NO4. The van der Waals surface area contributed by atoms with Gasteiger partial charge in [-0.3, -0.25) is 0 Å². The molecule has 0 N–H and O–H groups in total. The van der Waals surface area contributed by atoms with Gasteiger partial charge in [0.05, 0.1) is 14.2 Å². The van der Waals surface area contributed by atoms with Crippen molar-refractivity contribution in [3.63, 3.8) is 0 Å². The van der Waals surface area contributed by atoms with Crippen LogP contribution in [0.4, 0.5) is 4.79 Å². The van der Waals surface area contributed by atoms with Crippen LogP contribution in [0.1, 0.15) is 26.3 Å². The summed E-state index contributed by atoms with van der Waals surface area (Å²) in [6.07, 6.45) is 0.804. The lowest BCUT2D eigenvalue weighted by atomic mass is 10.2. The van der Waals surface area contributed by atoms with Crippen molar-refractivity contribution in [3.05, 3.63) is 23.8 Å². The van der Waals surface area contributed by atoms with E-state index >= 15 is 0 Å². The number of carbonyl (C=O) groups excluding carboxylic acids is 1. The van der Waals surface area contributed by atoms with Crippen LogP contribution in [0, 0.1) is 0 Å². The van der Waals surface area contributed by atoms with Gasteiger partial charge < -0.3 is 14.2 Å². The highest BCUT2D eigenvalue weighted by Crippen LogP contribution is 2.26. The molecule has 0 aliphatic rings. The molecule has 0 atom stereocenters. The maximum atomic E-state index is 11.4. The highest BCUT2D eigenvalue weighted by atomic mass is 16.6. The first kappa shape index (κ1) is 15.0. The first-order chi connectivity index (χ1) is 8.85. The van der Waals surface area contributed by atoms with Crippen molar-refractivity contribution in [2.24, 2.45) is 4.99 Å². The molecule has 5 heteroatoms. The fourth-order valence-electron chi connectivity index (χ4n) is 1.35. The van der Waals surface area contributed by atoms with Gasteiger partial charge in [0.25, 0.3) is 0 Å². The summed E-state index contributed by atoms with van der Waals surface area (Å²) in [6, 6.07) is 5.25. The highest BCUT2D eigenvalue weighted by molar-refractivity contribution is 5.89. The molecule has 1 aromatic rings. The Labute approximate surface area is 113 Å². The van der Waals surface area contributed by atoms with E-state index in [0.717, 1.165) is 5.56 Å². The van der Waals surface area contributed by atoms with E-state index in [1.165, 1.54) is 6.21 Å². The third-order valence-electron chi connectivity index (χ3n) is 2.12. The maximum absolute atomic E-state index is 11.4. The topological polar surface area (TPSA) is 57.1 Å². The Morgan fingerprint density at radius 1 is 1.16 bits per heavy atom. The number of amides is 1. The van der Waals surface area contributed by atoms with Crippen LogP contribution in [0.2, 0.25) is 0 Å². The second-order valence-electron chi connectivity index (χ2n) is 4.85. The zero-order valence-electron chi connectivity index (χ0n) is 11.9. The van der Waals surface area contributed by atoms with Gasteiger partial charge in [-0.15, -0.1) is 0 Å². The fourth-order valence-corrected chi connectivity index (χ4v) is 1.35. The van der Waals surface area contributed by atoms with Crippen molar-refractivity contribution in [1.82, 2.24) is 0 Å². The van der Waals surface area contributed by atoms with Gasteiger partial charge in [0.2, 0.25) is 0 Å². The molecule has 1 amide bonds. The molecule has 0 spiro atoms. The van der Waals surface area contributed by atoms with Crippen molar-refractivity contribution in [3.8, 4) is 11.5 Å². The largest absolute Gasteiger partial charge is 0.493 e. The molecular weight excluding hydrogens is 246 g/mol. The van der Waals surface area contributed by atoms with Gasteiger partial charge in [-0.05, 0) is 44.5 Å². The summed E-state index contributed by atoms with van der Waals surface area (Å²) in [6.45, 7) is 5.37.